The van der Waals surface area contributed by atoms with E-state index in [4.69, 9.17) is 0 Å². The van der Waals surface area contributed by atoms with E-state index >= 15 is 0 Å². The number of hydrogen-bond donors (Lipinski definition) is 1. The first-order chi connectivity index (χ1) is 9.60. The zero-order chi connectivity index (χ0) is 14.1. The molecule has 2 heterocycles. The van der Waals surface area contributed by atoms with Gasteiger partial charge in [-0.25, -0.2) is 0 Å². The highest BCUT2D eigenvalue weighted by Gasteiger charge is 2.39. The van der Waals surface area contributed by atoms with Gasteiger partial charge in [-0.15, -0.1) is 0 Å². The Bertz CT molecular complexity index is 301. The Morgan fingerprint density at radius 2 is 1.75 bits per heavy atom. The molecule has 2 saturated heterocycles. The average Bonchev–Trinajstić information content (AvgIpc) is 2.91. The summed E-state index contributed by atoms with van der Waals surface area (Å²) in [6, 6.07) is 0. The minimum absolute atomic E-state index is 0.480. The van der Waals surface area contributed by atoms with Crippen molar-refractivity contribution in [2.24, 2.45) is 16.7 Å². The Balaban J connectivity index is 1.50. The van der Waals surface area contributed by atoms with Gasteiger partial charge in [-0.2, -0.15) is 0 Å². The van der Waals surface area contributed by atoms with Crippen LogP contribution in [0.25, 0.3) is 0 Å². The van der Waals surface area contributed by atoms with E-state index in [1.807, 2.05) is 0 Å². The predicted octanol–water partition coefficient (Wildman–Crippen LogP) is 3.67. The molecule has 0 aromatic carbocycles. The Labute approximate surface area is 125 Å². The summed E-state index contributed by atoms with van der Waals surface area (Å²) in [5.41, 5.74) is 1.25. The quantitative estimate of drug-likeness (QED) is 0.847. The molecule has 116 valence electrons. The van der Waals surface area contributed by atoms with E-state index in [0.29, 0.717) is 5.41 Å². The van der Waals surface area contributed by atoms with Gasteiger partial charge in [-0.1, -0.05) is 26.7 Å². The molecule has 1 aliphatic carbocycles. The van der Waals surface area contributed by atoms with Crippen LogP contribution >= 0.6 is 0 Å². The molecular formula is C18H34N2. The van der Waals surface area contributed by atoms with Gasteiger partial charge >= 0.3 is 0 Å². The van der Waals surface area contributed by atoms with Crippen LogP contribution in [-0.2, 0) is 0 Å². The van der Waals surface area contributed by atoms with Gasteiger partial charge in [0.2, 0.25) is 0 Å². The van der Waals surface area contributed by atoms with Crippen molar-refractivity contribution in [3.8, 4) is 0 Å². The second kappa shape index (κ2) is 5.96. The first-order valence-electron chi connectivity index (χ1n) is 9.03. The number of nitrogens with one attached hydrogen (secondary N) is 1. The minimum atomic E-state index is 0.480. The van der Waals surface area contributed by atoms with Crippen LogP contribution in [0.4, 0.5) is 0 Å². The third-order valence-electron chi connectivity index (χ3n) is 6.61. The fourth-order valence-electron chi connectivity index (χ4n) is 5.03. The molecule has 0 radical (unpaired) electrons. The molecule has 2 aliphatic heterocycles. The molecule has 1 unspecified atom stereocenters. The van der Waals surface area contributed by atoms with E-state index in [2.05, 4.69) is 24.1 Å². The summed E-state index contributed by atoms with van der Waals surface area (Å²) >= 11 is 0. The van der Waals surface area contributed by atoms with Crippen molar-refractivity contribution in [1.29, 1.82) is 0 Å². The van der Waals surface area contributed by atoms with Gasteiger partial charge < -0.3 is 10.2 Å². The van der Waals surface area contributed by atoms with Crippen LogP contribution in [0.1, 0.15) is 65.2 Å². The van der Waals surface area contributed by atoms with Crippen LogP contribution in [0, 0.1) is 16.7 Å². The van der Waals surface area contributed by atoms with Crippen LogP contribution in [0.3, 0.4) is 0 Å². The van der Waals surface area contributed by atoms with Crippen molar-refractivity contribution in [2.45, 2.75) is 65.2 Å². The summed E-state index contributed by atoms with van der Waals surface area (Å²) in [5.74, 6) is 0.874. The molecule has 0 aromatic rings. The molecule has 20 heavy (non-hydrogen) atoms. The lowest BCUT2D eigenvalue weighted by molar-refractivity contribution is 0.0499. The summed E-state index contributed by atoms with van der Waals surface area (Å²) in [7, 11) is 0. The normalized spacial score (nSPS) is 31.8. The van der Waals surface area contributed by atoms with Crippen molar-refractivity contribution < 1.29 is 0 Å². The lowest BCUT2D eigenvalue weighted by Gasteiger charge is -2.45. The molecule has 3 rings (SSSR count). The Hall–Kier alpha value is -0.0800. The highest BCUT2D eigenvalue weighted by Crippen LogP contribution is 2.46. The number of piperidine rings is 2. The van der Waals surface area contributed by atoms with Crippen LogP contribution in [0.15, 0.2) is 0 Å². The van der Waals surface area contributed by atoms with Crippen LogP contribution < -0.4 is 5.32 Å². The van der Waals surface area contributed by atoms with Crippen molar-refractivity contribution in [2.75, 3.05) is 32.7 Å². The van der Waals surface area contributed by atoms with E-state index < -0.39 is 0 Å². The number of rotatable bonds is 3. The largest absolute Gasteiger partial charge is 0.316 e. The third-order valence-corrected chi connectivity index (χ3v) is 6.61. The third kappa shape index (κ3) is 3.22. The van der Waals surface area contributed by atoms with Gasteiger partial charge in [0.05, 0.1) is 0 Å². The van der Waals surface area contributed by atoms with E-state index in [1.165, 1.54) is 84.1 Å². The fourth-order valence-corrected chi connectivity index (χ4v) is 5.03. The van der Waals surface area contributed by atoms with Gasteiger partial charge in [0.25, 0.3) is 0 Å². The SMILES string of the molecule is CC(C)(CN1CCC2(CCCC2)CC1)C1CCCNC1. The topological polar surface area (TPSA) is 15.3 Å². The van der Waals surface area contributed by atoms with E-state index in [1.54, 1.807) is 0 Å². The molecule has 1 atom stereocenters. The van der Waals surface area contributed by atoms with Gasteiger partial charge in [0.15, 0.2) is 0 Å². The summed E-state index contributed by atoms with van der Waals surface area (Å²) in [5, 5.41) is 3.60. The molecule has 3 fully saturated rings. The summed E-state index contributed by atoms with van der Waals surface area (Å²) < 4.78 is 0. The lowest BCUT2D eigenvalue weighted by atomic mass is 9.73. The van der Waals surface area contributed by atoms with E-state index in [-0.39, 0.29) is 0 Å². The minimum Gasteiger partial charge on any atom is -0.316 e. The van der Waals surface area contributed by atoms with Crippen molar-refractivity contribution in [3.05, 3.63) is 0 Å². The van der Waals surface area contributed by atoms with Gasteiger partial charge in [-0.3, -0.25) is 0 Å². The van der Waals surface area contributed by atoms with Crippen molar-refractivity contribution in [3.63, 3.8) is 0 Å². The molecule has 3 aliphatic rings. The standard InChI is InChI=1S/C18H34N2/c1-17(2,16-6-5-11-19-14-16)15-20-12-9-18(10-13-20)7-3-4-8-18/h16,19H,3-15H2,1-2H3. The molecule has 1 spiro atoms. The molecule has 1 saturated carbocycles. The Morgan fingerprint density at radius 1 is 1.05 bits per heavy atom. The second-order valence-corrected chi connectivity index (χ2v) is 8.52. The predicted molar refractivity (Wildman–Crippen MR) is 85.9 cm³/mol. The molecule has 2 heteroatoms. The maximum atomic E-state index is 3.60. The zero-order valence-electron chi connectivity index (χ0n) is 13.7. The molecular weight excluding hydrogens is 244 g/mol. The van der Waals surface area contributed by atoms with Crippen LogP contribution in [0.2, 0.25) is 0 Å². The van der Waals surface area contributed by atoms with Gasteiger partial charge in [0.1, 0.15) is 0 Å². The number of hydrogen-bond acceptors (Lipinski definition) is 2. The highest BCUT2D eigenvalue weighted by molar-refractivity contribution is 4.92. The van der Waals surface area contributed by atoms with Gasteiger partial charge in [-0.05, 0) is 81.5 Å². The smallest absolute Gasteiger partial charge is 0.00358 e. The molecule has 0 amide bonds. The fraction of sp³-hybridized carbons (Fsp3) is 1.00. The van der Waals surface area contributed by atoms with Crippen LogP contribution in [-0.4, -0.2) is 37.6 Å². The van der Waals surface area contributed by atoms with Crippen molar-refractivity contribution in [1.82, 2.24) is 10.2 Å². The Morgan fingerprint density at radius 3 is 2.35 bits per heavy atom. The Kier molecular flexibility index (Phi) is 4.42. The summed E-state index contributed by atoms with van der Waals surface area (Å²) in [4.78, 5) is 2.78. The first kappa shape index (κ1) is 14.8. The monoisotopic (exact) mass is 278 g/mol. The van der Waals surface area contributed by atoms with Gasteiger partial charge in [0, 0.05) is 6.54 Å². The average molecular weight is 278 g/mol. The van der Waals surface area contributed by atoms with E-state index in [0.717, 1.165) is 11.3 Å². The number of likely N-dealkylation sites (tertiary alicyclic amines) is 1. The summed E-state index contributed by atoms with van der Waals surface area (Å²) in [6.45, 7) is 11.5. The molecule has 1 N–H and O–H groups in total. The lowest BCUT2D eigenvalue weighted by Crippen LogP contribution is -2.48. The number of nitrogens with zero attached hydrogens (tertiary/aromatic N) is 1. The summed E-state index contributed by atoms with van der Waals surface area (Å²) in [6.07, 6.45) is 11.8. The van der Waals surface area contributed by atoms with Crippen LogP contribution in [0.5, 0.6) is 0 Å². The maximum absolute atomic E-state index is 3.60. The molecule has 2 nitrogen and oxygen atoms in total. The van der Waals surface area contributed by atoms with Crippen molar-refractivity contribution >= 4 is 0 Å². The molecule has 0 bridgehead atoms. The molecule has 0 aromatic heterocycles. The first-order valence-corrected chi connectivity index (χ1v) is 9.03. The van der Waals surface area contributed by atoms with E-state index in [9.17, 15) is 0 Å². The maximum Gasteiger partial charge on any atom is 0.00358 e. The highest BCUT2D eigenvalue weighted by atomic mass is 15.1. The zero-order valence-corrected chi connectivity index (χ0v) is 13.7. The second-order valence-electron chi connectivity index (χ2n) is 8.52.